The summed E-state index contributed by atoms with van der Waals surface area (Å²) >= 11 is 0. The zero-order valence-electron chi connectivity index (χ0n) is 16.2. The molecule has 4 aliphatic carbocycles. The number of carbonyl (C=O) groups excluding carboxylic acids is 2. The van der Waals surface area contributed by atoms with Crippen molar-refractivity contribution in [3.8, 4) is 0 Å². The topological polar surface area (TPSA) is 70.2 Å². The molecule has 6 aliphatic rings. The lowest BCUT2D eigenvalue weighted by molar-refractivity contribution is -0.132. The van der Waals surface area contributed by atoms with Crippen molar-refractivity contribution in [1.29, 1.82) is 0 Å². The standard InChI is InChI=1S/C21H33N3O2.ClH/c25-19(11-21-8-13-3-14(9-21)5-15(4-13)10-21)22-12-20(26)24-18-6-16-1-2-17(7-18)23-16;/h13-18,23H,1-12H2,(H,22,25)(H,24,26);1H. The van der Waals surface area contributed by atoms with Crippen molar-refractivity contribution in [2.45, 2.75) is 88.8 Å². The Morgan fingerprint density at radius 2 is 1.41 bits per heavy atom. The summed E-state index contributed by atoms with van der Waals surface area (Å²) in [5.74, 6) is 2.68. The molecule has 2 amide bonds. The number of fused-ring (bicyclic) bond motifs is 2. The predicted molar refractivity (Wildman–Crippen MR) is 107 cm³/mol. The molecule has 0 spiro atoms. The Bertz CT molecular complexity index is 549. The minimum Gasteiger partial charge on any atom is -0.352 e. The summed E-state index contributed by atoms with van der Waals surface area (Å²) in [6.45, 7) is 0.143. The summed E-state index contributed by atoms with van der Waals surface area (Å²) in [5.41, 5.74) is 0.254. The normalized spacial score (nSPS) is 43.9. The van der Waals surface area contributed by atoms with E-state index in [-0.39, 0.29) is 42.2 Å². The third-order valence-electron chi connectivity index (χ3n) is 7.98. The Morgan fingerprint density at radius 1 is 0.852 bits per heavy atom. The number of rotatable bonds is 5. The van der Waals surface area contributed by atoms with E-state index in [9.17, 15) is 9.59 Å². The number of nitrogens with one attached hydrogen (secondary N) is 3. The van der Waals surface area contributed by atoms with Crippen LogP contribution in [0.1, 0.15) is 70.6 Å². The highest BCUT2D eigenvalue weighted by Gasteiger charge is 2.51. The molecule has 0 radical (unpaired) electrons. The fourth-order valence-electron chi connectivity index (χ4n) is 7.54. The number of piperidine rings is 1. The second-order valence-corrected chi connectivity index (χ2v) is 10.2. The molecule has 2 saturated heterocycles. The summed E-state index contributed by atoms with van der Waals surface area (Å²) in [7, 11) is 0. The highest BCUT2D eigenvalue weighted by Crippen LogP contribution is 2.61. The smallest absolute Gasteiger partial charge is 0.239 e. The lowest BCUT2D eigenvalue weighted by Crippen LogP contribution is -2.51. The van der Waals surface area contributed by atoms with Crippen LogP contribution in [0, 0.1) is 23.2 Å². The lowest BCUT2D eigenvalue weighted by Gasteiger charge is -2.56. The third kappa shape index (κ3) is 4.14. The van der Waals surface area contributed by atoms with Crippen molar-refractivity contribution in [1.82, 2.24) is 16.0 Å². The largest absolute Gasteiger partial charge is 0.352 e. The molecule has 4 saturated carbocycles. The van der Waals surface area contributed by atoms with Crippen LogP contribution in [0.15, 0.2) is 0 Å². The van der Waals surface area contributed by atoms with Gasteiger partial charge in [-0.15, -0.1) is 12.4 Å². The van der Waals surface area contributed by atoms with E-state index >= 15 is 0 Å². The van der Waals surface area contributed by atoms with E-state index in [1.807, 2.05) is 0 Å². The molecule has 27 heavy (non-hydrogen) atoms. The maximum Gasteiger partial charge on any atom is 0.239 e. The maximum atomic E-state index is 12.5. The van der Waals surface area contributed by atoms with Crippen LogP contribution in [0.5, 0.6) is 0 Å². The van der Waals surface area contributed by atoms with Gasteiger partial charge in [0.05, 0.1) is 6.54 Å². The molecule has 152 valence electrons. The van der Waals surface area contributed by atoms with Crippen LogP contribution in [-0.4, -0.2) is 36.5 Å². The molecule has 3 N–H and O–H groups in total. The van der Waals surface area contributed by atoms with E-state index < -0.39 is 0 Å². The second-order valence-electron chi connectivity index (χ2n) is 10.2. The molecule has 0 aromatic rings. The summed E-state index contributed by atoms with van der Waals surface area (Å²) in [4.78, 5) is 24.8. The van der Waals surface area contributed by atoms with Gasteiger partial charge in [0.1, 0.15) is 0 Å². The van der Waals surface area contributed by atoms with E-state index in [4.69, 9.17) is 0 Å². The molecule has 6 rings (SSSR count). The van der Waals surface area contributed by atoms with Gasteiger partial charge >= 0.3 is 0 Å². The number of carbonyl (C=O) groups is 2. The minimum absolute atomic E-state index is 0. The summed E-state index contributed by atoms with van der Waals surface area (Å²) in [6.07, 6.45) is 13.1. The average Bonchev–Trinajstić information content (AvgIpc) is 2.90. The number of hydrogen-bond acceptors (Lipinski definition) is 3. The molecule has 2 unspecified atom stereocenters. The van der Waals surface area contributed by atoms with Crippen molar-refractivity contribution >= 4 is 24.2 Å². The predicted octanol–water partition coefficient (Wildman–Crippen LogP) is 2.53. The van der Waals surface area contributed by atoms with Crippen LogP contribution < -0.4 is 16.0 Å². The quantitative estimate of drug-likeness (QED) is 0.669. The first-order valence-electron chi connectivity index (χ1n) is 10.9. The molecular formula is C21H34ClN3O2. The lowest BCUT2D eigenvalue weighted by atomic mass is 9.49. The van der Waals surface area contributed by atoms with Crippen molar-refractivity contribution in [2.24, 2.45) is 23.2 Å². The third-order valence-corrected chi connectivity index (χ3v) is 7.98. The second kappa shape index (κ2) is 7.55. The van der Waals surface area contributed by atoms with E-state index in [2.05, 4.69) is 16.0 Å². The Morgan fingerprint density at radius 3 is 1.96 bits per heavy atom. The molecule has 2 aliphatic heterocycles. The summed E-state index contributed by atoms with van der Waals surface area (Å²) < 4.78 is 0. The SMILES string of the molecule is Cl.O=C(CC12CC3CC(CC(C3)C1)C2)NCC(=O)NC1CC2CCC(C1)N2. The van der Waals surface area contributed by atoms with Gasteiger partial charge in [-0.2, -0.15) is 0 Å². The fourth-order valence-corrected chi connectivity index (χ4v) is 7.54. The van der Waals surface area contributed by atoms with Crippen LogP contribution in [0.25, 0.3) is 0 Å². The first kappa shape index (κ1) is 19.5. The highest BCUT2D eigenvalue weighted by atomic mass is 35.5. The first-order valence-corrected chi connectivity index (χ1v) is 10.9. The van der Waals surface area contributed by atoms with E-state index in [0.29, 0.717) is 18.5 Å². The summed E-state index contributed by atoms with van der Waals surface area (Å²) in [6, 6.07) is 1.43. The Balaban J connectivity index is 0.00000180. The van der Waals surface area contributed by atoms with Gasteiger partial charge in [0.15, 0.2) is 0 Å². The van der Waals surface area contributed by atoms with Gasteiger partial charge in [-0.3, -0.25) is 9.59 Å². The van der Waals surface area contributed by atoms with E-state index in [1.165, 1.54) is 51.4 Å². The monoisotopic (exact) mass is 395 g/mol. The van der Waals surface area contributed by atoms with Crippen molar-refractivity contribution in [3.63, 3.8) is 0 Å². The molecule has 2 atom stereocenters. The van der Waals surface area contributed by atoms with E-state index in [1.54, 1.807) is 0 Å². The Hall–Kier alpha value is -0.810. The molecular weight excluding hydrogens is 362 g/mol. The molecule has 0 aromatic carbocycles. The van der Waals surface area contributed by atoms with Crippen molar-refractivity contribution in [3.05, 3.63) is 0 Å². The minimum atomic E-state index is -0.0184. The van der Waals surface area contributed by atoms with E-state index in [0.717, 1.165) is 30.6 Å². The van der Waals surface area contributed by atoms with Crippen LogP contribution in [-0.2, 0) is 9.59 Å². The Labute approximate surface area is 168 Å². The number of halogens is 1. The van der Waals surface area contributed by atoms with Gasteiger partial charge in [0.2, 0.25) is 11.8 Å². The molecule has 2 heterocycles. The van der Waals surface area contributed by atoms with Gasteiger partial charge in [-0.25, -0.2) is 0 Å². The van der Waals surface area contributed by atoms with Crippen LogP contribution in [0.3, 0.4) is 0 Å². The number of hydrogen-bond donors (Lipinski definition) is 3. The first-order chi connectivity index (χ1) is 12.6. The fraction of sp³-hybridized carbons (Fsp3) is 0.905. The van der Waals surface area contributed by atoms with Crippen molar-refractivity contribution < 1.29 is 9.59 Å². The Kier molecular flexibility index (Phi) is 5.45. The molecule has 6 fully saturated rings. The molecule has 5 nitrogen and oxygen atoms in total. The van der Waals surface area contributed by atoms with Gasteiger partial charge in [-0.1, -0.05) is 0 Å². The average molecular weight is 396 g/mol. The van der Waals surface area contributed by atoms with Gasteiger partial charge in [0.25, 0.3) is 0 Å². The maximum absolute atomic E-state index is 12.5. The van der Waals surface area contributed by atoms with Crippen LogP contribution in [0.2, 0.25) is 0 Å². The highest BCUT2D eigenvalue weighted by molar-refractivity contribution is 5.85. The zero-order chi connectivity index (χ0) is 17.7. The molecule has 6 bridgehead atoms. The van der Waals surface area contributed by atoms with Crippen molar-refractivity contribution in [2.75, 3.05) is 6.54 Å². The number of amides is 2. The molecule has 6 heteroatoms. The van der Waals surface area contributed by atoms with Gasteiger partial charge in [0, 0.05) is 24.5 Å². The van der Waals surface area contributed by atoms with Gasteiger partial charge < -0.3 is 16.0 Å². The van der Waals surface area contributed by atoms with Crippen LogP contribution in [0.4, 0.5) is 0 Å². The van der Waals surface area contributed by atoms with Crippen LogP contribution >= 0.6 is 12.4 Å². The zero-order valence-corrected chi connectivity index (χ0v) is 17.0. The molecule has 0 aromatic heterocycles. The van der Waals surface area contributed by atoms with Gasteiger partial charge in [-0.05, 0) is 87.4 Å². The summed E-state index contributed by atoms with van der Waals surface area (Å²) in [5, 5.41) is 9.65.